The molecule has 0 bridgehead atoms. The van der Waals surface area contributed by atoms with Gasteiger partial charge in [0.25, 0.3) is 0 Å². The van der Waals surface area contributed by atoms with Crippen molar-refractivity contribution < 1.29 is 18.0 Å². The van der Waals surface area contributed by atoms with Crippen molar-refractivity contribution in [3.8, 4) is 0 Å². The van der Waals surface area contributed by atoms with Gasteiger partial charge in [-0.2, -0.15) is 13.2 Å². The Morgan fingerprint density at radius 2 is 2.22 bits per heavy atom. The molecule has 1 amide bonds. The number of aromatic nitrogens is 1. The average Bonchev–Trinajstić information content (AvgIpc) is 2.73. The maximum atomic E-state index is 12.3. The van der Waals surface area contributed by atoms with Gasteiger partial charge in [-0.3, -0.25) is 4.79 Å². The van der Waals surface area contributed by atoms with Gasteiger partial charge in [0, 0.05) is 25.4 Å². The van der Waals surface area contributed by atoms with Gasteiger partial charge in [-0.15, -0.1) is 11.3 Å². The van der Waals surface area contributed by atoms with Crippen molar-refractivity contribution in [2.24, 2.45) is 0 Å². The Morgan fingerprint density at radius 3 is 2.72 bits per heavy atom. The summed E-state index contributed by atoms with van der Waals surface area (Å²) >= 11 is 0.905. The Bertz CT molecular complexity index is 405. The molecule has 1 aromatic heterocycles. The van der Waals surface area contributed by atoms with Crippen molar-refractivity contribution in [2.75, 3.05) is 20.6 Å². The highest BCUT2D eigenvalue weighted by Gasteiger charge is 2.33. The fourth-order valence-electron chi connectivity index (χ4n) is 1.23. The van der Waals surface area contributed by atoms with Crippen molar-refractivity contribution >= 4 is 17.2 Å². The van der Waals surface area contributed by atoms with Crippen LogP contribution in [0, 0.1) is 0 Å². The van der Waals surface area contributed by atoms with E-state index >= 15 is 0 Å². The second kappa shape index (κ2) is 6.14. The van der Waals surface area contributed by atoms with Gasteiger partial charge in [-0.1, -0.05) is 0 Å². The van der Waals surface area contributed by atoms with E-state index < -0.39 is 11.9 Å². The summed E-state index contributed by atoms with van der Waals surface area (Å²) in [5.74, 6) is -0.131. The fraction of sp³-hybridized carbons (Fsp3) is 0.600. The number of carbonyl (C=O) groups excluding carboxylic acids is 1. The largest absolute Gasteiger partial charge is 0.434 e. The minimum absolute atomic E-state index is 0.100. The molecule has 102 valence electrons. The number of alkyl halides is 3. The van der Waals surface area contributed by atoms with Gasteiger partial charge < -0.3 is 10.2 Å². The van der Waals surface area contributed by atoms with Crippen LogP contribution in [0.5, 0.6) is 0 Å². The Hall–Kier alpha value is -1.15. The van der Waals surface area contributed by atoms with Crippen molar-refractivity contribution in [1.29, 1.82) is 0 Å². The molecule has 4 nitrogen and oxygen atoms in total. The Morgan fingerprint density at radius 1 is 1.56 bits per heavy atom. The molecule has 1 aromatic rings. The number of nitrogens with one attached hydrogen (secondary N) is 1. The molecule has 0 atom stereocenters. The lowest BCUT2D eigenvalue weighted by molar-refractivity contribution is -0.140. The van der Waals surface area contributed by atoms with Crippen molar-refractivity contribution in [3.05, 3.63) is 16.1 Å². The molecule has 0 spiro atoms. The summed E-state index contributed by atoms with van der Waals surface area (Å²) in [4.78, 5) is 16.4. The maximum Gasteiger partial charge on any atom is 0.434 e. The number of thiazole rings is 1. The highest BCUT2D eigenvalue weighted by atomic mass is 32.1. The van der Waals surface area contributed by atoms with E-state index in [1.807, 2.05) is 0 Å². The zero-order valence-electron chi connectivity index (χ0n) is 10.0. The molecule has 1 N–H and O–H groups in total. The van der Waals surface area contributed by atoms with Gasteiger partial charge in [0.1, 0.15) is 5.01 Å². The van der Waals surface area contributed by atoms with Crippen LogP contribution in [0.2, 0.25) is 0 Å². The standard InChI is InChI=1S/C10H14F3N3OS/c1-14-4-3-9(17)16(2)5-8-15-7(6-18-8)10(11,12)13/h6,14H,3-5H2,1-2H3. The number of rotatable bonds is 5. The van der Waals surface area contributed by atoms with Crippen LogP contribution in [-0.4, -0.2) is 36.4 Å². The molecule has 0 radical (unpaired) electrons. The lowest BCUT2D eigenvalue weighted by Crippen LogP contribution is -2.28. The smallest absolute Gasteiger partial charge is 0.339 e. The number of nitrogens with zero attached hydrogens (tertiary/aromatic N) is 2. The van der Waals surface area contributed by atoms with Gasteiger partial charge in [-0.25, -0.2) is 4.98 Å². The van der Waals surface area contributed by atoms with Crippen LogP contribution in [0.1, 0.15) is 17.1 Å². The number of amides is 1. The summed E-state index contributed by atoms with van der Waals surface area (Å²) in [5.41, 5.74) is -0.904. The first-order valence-electron chi connectivity index (χ1n) is 5.24. The molecule has 0 aliphatic heterocycles. The van der Waals surface area contributed by atoms with Gasteiger partial charge in [0.15, 0.2) is 5.69 Å². The van der Waals surface area contributed by atoms with E-state index in [0.29, 0.717) is 13.0 Å². The summed E-state index contributed by atoms with van der Waals surface area (Å²) in [5, 5.41) is 4.07. The fourth-order valence-corrected chi connectivity index (χ4v) is 2.08. The number of hydrogen-bond acceptors (Lipinski definition) is 4. The van der Waals surface area contributed by atoms with E-state index in [9.17, 15) is 18.0 Å². The van der Waals surface area contributed by atoms with Crippen LogP contribution in [0.15, 0.2) is 5.38 Å². The molecule has 1 heterocycles. The van der Waals surface area contributed by atoms with Crippen molar-refractivity contribution in [2.45, 2.75) is 19.1 Å². The predicted molar refractivity (Wildman–Crippen MR) is 62.1 cm³/mol. The third-order valence-corrected chi connectivity index (χ3v) is 3.06. The SMILES string of the molecule is CNCCC(=O)N(C)Cc1nc(C(F)(F)F)cs1. The van der Waals surface area contributed by atoms with E-state index in [0.717, 1.165) is 16.7 Å². The van der Waals surface area contributed by atoms with Crippen molar-refractivity contribution in [3.63, 3.8) is 0 Å². The highest BCUT2D eigenvalue weighted by molar-refractivity contribution is 7.09. The molecule has 1 rings (SSSR count). The summed E-state index contributed by atoms with van der Waals surface area (Å²) < 4.78 is 37.0. The van der Waals surface area contributed by atoms with E-state index in [4.69, 9.17) is 0 Å². The lowest BCUT2D eigenvalue weighted by Gasteiger charge is -2.15. The van der Waals surface area contributed by atoms with Gasteiger partial charge >= 0.3 is 6.18 Å². The summed E-state index contributed by atoms with van der Waals surface area (Å²) in [6, 6.07) is 0. The van der Waals surface area contributed by atoms with Crippen LogP contribution < -0.4 is 5.32 Å². The van der Waals surface area contributed by atoms with Crippen LogP contribution in [0.25, 0.3) is 0 Å². The number of hydrogen-bond donors (Lipinski definition) is 1. The summed E-state index contributed by atoms with van der Waals surface area (Å²) in [6.45, 7) is 0.637. The Labute approximate surface area is 107 Å². The third-order valence-electron chi connectivity index (χ3n) is 2.23. The Balaban J connectivity index is 2.57. The maximum absolute atomic E-state index is 12.3. The van der Waals surface area contributed by atoms with E-state index in [1.165, 1.54) is 4.90 Å². The van der Waals surface area contributed by atoms with E-state index in [2.05, 4.69) is 10.3 Å². The highest BCUT2D eigenvalue weighted by Crippen LogP contribution is 2.30. The van der Waals surface area contributed by atoms with E-state index in [1.54, 1.807) is 14.1 Å². The van der Waals surface area contributed by atoms with E-state index in [-0.39, 0.29) is 17.5 Å². The number of halogens is 3. The first-order valence-corrected chi connectivity index (χ1v) is 6.12. The van der Waals surface area contributed by atoms with Crippen LogP contribution in [0.3, 0.4) is 0 Å². The van der Waals surface area contributed by atoms with Gasteiger partial charge in [0.05, 0.1) is 6.54 Å². The van der Waals surface area contributed by atoms with Crippen LogP contribution in [-0.2, 0) is 17.5 Å². The predicted octanol–water partition coefficient (Wildman–Crippen LogP) is 1.73. The minimum Gasteiger partial charge on any atom is -0.339 e. The molecule has 0 unspecified atom stereocenters. The lowest BCUT2D eigenvalue weighted by atomic mass is 10.3. The molecule has 0 aromatic carbocycles. The number of carbonyl (C=O) groups is 1. The second-order valence-electron chi connectivity index (χ2n) is 3.73. The summed E-state index contributed by atoms with van der Waals surface area (Å²) in [7, 11) is 3.27. The first-order chi connectivity index (χ1) is 8.34. The quantitative estimate of drug-likeness (QED) is 0.894. The van der Waals surface area contributed by atoms with Gasteiger partial charge in [-0.05, 0) is 7.05 Å². The van der Waals surface area contributed by atoms with Gasteiger partial charge in [0.2, 0.25) is 5.91 Å². The molecule has 8 heteroatoms. The molecule has 0 fully saturated rings. The van der Waals surface area contributed by atoms with Crippen LogP contribution in [0.4, 0.5) is 13.2 Å². The molecular formula is C10H14F3N3OS. The molecule has 0 saturated carbocycles. The zero-order chi connectivity index (χ0) is 13.8. The molecule has 0 aliphatic rings. The average molecular weight is 281 g/mol. The monoisotopic (exact) mass is 281 g/mol. The normalized spacial score (nSPS) is 11.6. The topological polar surface area (TPSA) is 45.2 Å². The van der Waals surface area contributed by atoms with Crippen molar-refractivity contribution in [1.82, 2.24) is 15.2 Å². The zero-order valence-corrected chi connectivity index (χ0v) is 10.9. The third kappa shape index (κ3) is 4.26. The first kappa shape index (κ1) is 14.9. The molecule has 0 saturated heterocycles. The molecule has 18 heavy (non-hydrogen) atoms. The molecular weight excluding hydrogens is 267 g/mol. The minimum atomic E-state index is -4.43. The Kier molecular flexibility index (Phi) is 5.09. The molecule has 0 aliphatic carbocycles. The summed E-state index contributed by atoms with van der Waals surface area (Å²) in [6.07, 6.45) is -4.12. The second-order valence-corrected chi connectivity index (χ2v) is 4.67. The van der Waals surface area contributed by atoms with Crippen LogP contribution >= 0.6 is 11.3 Å².